The van der Waals surface area contributed by atoms with Crippen molar-refractivity contribution in [1.82, 2.24) is 0 Å². The molecule has 0 aromatic rings. The number of methoxy groups -OCH3 is 1. The van der Waals surface area contributed by atoms with E-state index in [2.05, 4.69) is 11.6 Å². The minimum Gasteiger partial charge on any atom is -0.379 e. The maximum absolute atomic E-state index is 11.5. The van der Waals surface area contributed by atoms with Gasteiger partial charge in [-0.25, -0.2) is 9.45 Å². The van der Waals surface area contributed by atoms with E-state index in [1.54, 1.807) is 6.92 Å². The number of unbranched alkanes of at least 4 members (excludes halogenated alkanes) is 13. The molecule has 0 aromatic carbocycles. The van der Waals surface area contributed by atoms with E-state index >= 15 is 0 Å². The molecule has 0 aliphatic heterocycles. The topological polar surface area (TPSA) is 74.2 Å². The van der Waals surface area contributed by atoms with E-state index in [0.717, 1.165) is 12.8 Å². The summed E-state index contributed by atoms with van der Waals surface area (Å²) in [5.74, 6) is 0. The normalized spacial score (nSPS) is 15.0. The predicted molar refractivity (Wildman–Crippen MR) is 110 cm³/mol. The van der Waals surface area contributed by atoms with Crippen molar-refractivity contribution in [1.29, 1.82) is 0 Å². The molecule has 0 bridgehead atoms. The van der Waals surface area contributed by atoms with Crippen LogP contribution in [0.5, 0.6) is 0 Å². The summed E-state index contributed by atoms with van der Waals surface area (Å²) in [7, 11) is -2.65. The van der Waals surface area contributed by atoms with E-state index < -0.39 is 7.82 Å². The van der Waals surface area contributed by atoms with Crippen LogP contribution in [0, 0.1) is 0 Å². The van der Waals surface area contributed by atoms with Crippen LogP contribution in [-0.2, 0) is 23.4 Å². The van der Waals surface area contributed by atoms with Gasteiger partial charge in [-0.1, -0.05) is 90.4 Å². The minimum atomic E-state index is -4.15. The second kappa shape index (κ2) is 19.4. The second-order valence-electron chi connectivity index (χ2n) is 7.30. The highest BCUT2D eigenvalue weighted by Gasteiger charge is 2.23. The first-order valence-electron chi connectivity index (χ1n) is 10.8. The zero-order valence-electron chi connectivity index (χ0n) is 17.8. The Kier molecular flexibility index (Phi) is 19.4. The van der Waals surface area contributed by atoms with Crippen LogP contribution in [-0.4, -0.2) is 31.3 Å². The Labute approximate surface area is 166 Å². The van der Waals surface area contributed by atoms with Gasteiger partial charge in [0.25, 0.3) is 0 Å². The average Bonchev–Trinajstić information content (AvgIpc) is 2.65. The van der Waals surface area contributed by atoms with Crippen LogP contribution in [0.1, 0.15) is 104 Å². The van der Waals surface area contributed by atoms with Crippen molar-refractivity contribution in [3.63, 3.8) is 0 Å². The molecule has 0 saturated heterocycles. The van der Waals surface area contributed by atoms with Gasteiger partial charge in [0, 0.05) is 7.11 Å². The van der Waals surface area contributed by atoms with E-state index in [0.29, 0.717) is 6.61 Å². The van der Waals surface area contributed by atoms with Crippen molar-refractivity contribution in [3.05, 3.63) is 0 Å². The van der Waals surface area contributed by atoms with E-state index in [1.807, 2.05) is 0 Å². The van der Waals surface area contributed by atoms with Crippen LogP contribution in [0.15, 0.2) is 0 Å². The molecule has 2 atom stereocenters. The lowest BCUT2D eigenvalue weighted by atomic mass is 10.0. The van der Waals surface area contributed by atoms with E-state index in [9.17, 15) is 9.46 Å². The third-order valence-electron chi connectivity index (χ3n) is 4.60. The summed E-state index contributed by atoms with van der Waals surface area (Å²) in [4.78, 5) is 14.2. The van der Waals surface area contributed by atoms with Crippen molar-refractivity contribution >= 4 is 7.82 Å². The molecule has 0 amide bonds. The molecule has 6 nitrogen and oxygen atoms in total. The molecule has 1 N–H and O–H groups in total. The maximum atomic E-state index is 11.5. The number of phosphoric ester groups is 1. The molecule has 0 aromatic heterocycles. The first kappa shape index (κ1) is 27.0. The zero-order chi connectivity index (χ0) is 20.2. The summed E-state index contributed by atoms with van der Waals surface area (Å²) >= 11 is 0. The SMILES string of the molecule is CCCCCCCCCCCCCCCCOOP(=O)(O)OCC(C)OC. The fourth-order valence-corrected chi connectivity index (χ4v) is 3.40. The molecule has 164 valence electrons. The van der Waals surface area contributed by atoms with E-state index in [4.69, 9.17) is 14.1 Å². The molecule has 0 fully saturated rings. The van der Waals surface area contributed by atoms with Crippen molar-refractivity contribution in [2.45, 2.75) is 110 Å². The van der Waals surface area contributed by atoms with Crippen LogP contribution in [0.3, 0.4) is 0 Å². The Hall–Kier alpha value is 0.0300. The van der Waals surface area contributed by atoms with Gasteiger partial charge in [-0.3, -0.25) is 4.52 Å². The Morgan fingerprint density at radius 1 is 0.815 bits per heavy atom. The molecule has 0 heterocycles. The maximum Gasteiger partial charge on any atom is 0.499 e. The number of ether oxygens (including phenoxy) is 1. The van der Waals surface area contributed by atoms with Gasteiger partial charge in [-0.15, -0.1) is 4.67 Å². The summed E-state index contributed by atoms with van der Waals surface area (Å²) in [5, 5.41) is 0. The number of rotatable bonds is 21. The molecule has 0 aliphatic carbocycles. The first-order chi connectivity index (χ1) is 13.0. The van der Waals surface area contributed by atoms with Crippen molar-refractivity contribution < 1.29 is 28.3 Å². The Morgan fingerprint density at radius 2 is 1.26 bits per heavy atom. The van der Waals surface area contributed by atoms with Gasteiger partial charge in [0.1, 0.15) is 0 Å². The molecule has 7 heteroatoms. The minimum absolute atomic E-state index is 0.0213. The van der Waals surface area contributed by atoms with Gasteiger partial charge in [0.15, 0.2) is 0 Å². The fraction of sp³-hybridized carbons (Fsp3) is 1.00. The second-order valence-corrected chi connectivity index (χ2v) is 8.65. The summed E-state index contributed by atoms with van der Waals surface area (Å²) < 4.78 is 25.7. The molecule has 27 heavy (non-hydrogen) atoms. The first-order valence-corrected chi connectivity index (χ1v) is 12.3. The van der Waals surface area contributed by atoms with Crippen LogP contribution >= 0.6 is 7.82 Å². The third kappa shape index (κ3) is 20.6. The van der Waals surface area contributed by atoms with Gasteiger partial charge in [0.05, 0.1) is 19.3 Å². The molecular weight excluding hydrogens is 367 g/mol. The van der Waals surface area contributed by atoms with Gasteiger partial charge >= 0.3 is 7.82 Å². The highest BCUT2D eigenvalue weighted by atomic mass is 31.2. The molecule has 0 radical (unpaired) electrons. The van der Waals surface area contributed by atoms with Crippen molar-refractivity contribution in [2.24, 2.45) is 0 Å². The quantitative estimate of drug-likeness (QED) is 0.0998. The summed E-state index contributed by atoms with van der Waals surface area (Å²) in [6.07, 6.45) is 17.7. The molecule has 2 unspecified atom stereocenters. The van der Waals surface area contributed by atoms with E-state index in [1.165, 1.54) is 84.2 Å². The van der Waals surface area contributed by atoms with Crippen LogP contribution in [0.2, 0.25) is 0 Å². The molecule has 0 rings (SSSR count). The van der Waals surface area contributed by atoms with Gasteiger partial charge in [-0.05, 0) is 13.3 Å². The average molecular weight is 411 g/mol. The Balaban J connectivity index is 3.25. The summed E-state index contributed by atoms with van der Waals surface area (Å²) in [5.41, 5.74) is 0. The van der Waals surface area contributed by atoms with E-state index in [-0.39, 0.29) is 12.7 Å². The van der Waals surface area contributed by atoms with Gasteiger partial charge < -0.3 is 9.63 Å². The lowest BCUT2D eigenvalue weighted by molar-refractivity contribution is -0.225. The van der Waals surface area contributed by atoms with Crippen molar-refractivity contribution in [2.75, 3.05) is 20.3 Å². The number of hydrogen-bond donors (Lipinski definition) is 1. The third-order valence-corrected chi connectivity index (χ3v) is 5.37. The molecular formula is C20H43O6P. The predicted octanol–water partition coefficient (Wildman–Crippen LogP) is 6.57. The lowest BCUT2D eigenvalue weighted by Crippen LogP contribution is -2.13. The highest BCUT2D eigenvalue weighted by Crippen LogP contribution is 2.43. The molecule has 0 aliphatic rings. The lowest BCUT2D eigenvalue weighted by Gasteiger charge is -2.13. The summed E-state index contributed by atoms with van der Waals surface area (Å²) in [6.45, 7) is 4.27. The highest BCUT2D eigenvalue weighted by molar-refractivity contribution is 7.47. The van der Waals surface area contributed by atoms with Crippen LogP contribution < -0.4 is 0 Å². The Morgan fingerprint density at radius 3 is 1.70 bits per heavy atom. The monoisotopic (exact) mass is 410 g/mol. The van der Waals surface area contributed by atoms with Crippen LogP contribution in [0.25, 0.3) is 0 Å². The van der Waals surface area contributed by atoms with Crippen molar-refractivity contribution in [3.8, 4) is 0 Å². The fourth-order valence-electron chi connectivity index (χ4n) is 2.75. The van der Waals surface area contributed by atoms with Gasteiger partial charge in [0.2, 0.25) is 0 Å². The number of phosphoric acid groups is 1. The Bertz CT molecular complexity index is 353. The standard InChI is InChI=1S/C20H43O6P/c1-4-5-6-7-8-9-10-11-12-13-14-15-16-17-18-24-26-27(21,22)25-19-20(2)23-3/h20H,4-19H2,1-3H3,(H,21,22). The molecule has 0 saturated carbocycles. The van der Waals surface area contributed by atoms with Gasteiger partial charge in [-0.2, -0.15) is 0 Å². The molecule has 0 spiro atoms. The summed E-state index contributed by atoms with van der Waals surface area (Å²) in [6, 6.07) is 0. The smallest absolute Gasteiger partial charge is 0.379 e. The van der Waals surface area contributed by atoms with Crippen LogP contribution in [0.4, 0.5) is 0 Å². The zero-order valence-corrected chi connectivity index (χ0v) is 18.7. The largest absolute Gasteiger partial charge is 0.499 e. The number of hydrogen-bond acceptors (Lipinski definition) is 5.